The fourth-order valence-electron chi connectivity index (χ4n) is 2.13. The molecule has 0 heterocycles. The Hall–Kier alpha value is -1.78. The SMILES string of the molecule is CCC(N)C(OCc1ccccc1F)c1ccc(F)cc1. The Morgan fingerprint density at radius 3 is 2.33 bits per heavy atom. The highest BCUT2D eigenvalue weighted by atomic mass is 19.1. The van der Waals surface area contributed by atoms with E-state index in [4.69, 9.17) is 10.5 Å². The highest BCUT2D eigenvalue weighted by molar-refractivity contribution is 5.21. The van der Waals surface area contributed by atoms with E-state index in [0.29, 0.717) is 12.0 Å². The van der Waals surface area contributed by atoms with Crippen LogP contribution in [-0.2, 0) is 11.3 Å². The van der Waals surface area contributed by atoms with Crippen molar-refractivity contribution in [1.82, 2.24) is 0 Å². The molecule has 2 unspecified atom stereocenters. The lowest BCUT2D eigenvalue weighted by molar-refractivity contribution is 0.0198. The molecule has 0 amide bonds. The number of ether oxygens (including phenoxy) is 1. The number of rotatable bonds is 6. The monoisotopic (exact) mass is 291 g/mol. The Labute approximate surface area is 123 Å². The quantitative estimate of drug-likeness (QED) is 0.874. The van der Waals surface area contributed by atoms with Gasteiger partial charge >= 0.3 is 0 Å². The van der Waals surface area contributed by atoms with Crippen molar-refractivity contribution in [2.45, 2.75) is 32.1 Å². The zero-order valence-corrected chi connectivity index (χ0v) is 11.9. The molecule has 0 aliphatic rings. The minimum absolute atomic E-state index is 0.127. The third-order valence-electron chi connectivity index (χ3n) is 3.44. The van der Waals surface area contributed by atoms with Crippen LogP contribution in [0.4, 0.5) is 8.78 Å². The summed E-state index contributed by atoms with van der Waals surface area (Å²) in [6.45, 7) is 2.08. The summed E-state index contributed by atoms with van der Waals surface area (Å²) < 4.78 is 32.4. The van der Waals surface area contributed by atoms with Crippen molar-refractivity contribution in [3.63, 3.8) is 0 Å². The van der Waals surface area contributed by atoms with Gasteiger partial charge in [-0.25, -0.2) is 8.78 Å². The van der Waals surface area contributed by atoms with Crippen LogP contribution in [0.1, 0.15) is 30.6 Å². The van der Waals surface area contributed by atoms with Crippen molar-refractivity contribution in [3.05, 3.63) is 71.3 Å². The zero-order valence-electron chi connectivity index (χ0n) is 11.9. The summed E-state index contributed by atoms with van der Waals surface area (Å²) in [5, 5.41) is 0. The Kier molecular flexibility index (Phi) is 5.42. The molecule has 112 valence electrons. The minimum Gasteiger partial charge on any atom is -0.367 e. The van der Waals surface area contributed by atoms with E-state index in [2.05, 4.69) is 0 Å². The first-order valence-corrected chi connectivity index (χ1v) is 6.98. The average Bonchev–Trinajstić information content (AvgIpc) is 2.50. The third-order valence-corrected chi connectivity index (χ3v) is 3.44. The second-order valence-corrected chi connectivity index (χ2v) is 4.95. The molecular formula is C17H19F2NO. The molecule has 0 fully saturated rings. The van der Waals surface area contributed by atoms with Crippen molar-refractivity contribution >= 4 is 0 Å². The number of benzene rings is 2. The van der Waals surface area contributed by atoms with Crippen LogP contribution >= 0.6 is 0 Å². The van der Waals surface area contributed by atoms with Crippen molar-refractivity contribution in [1.29, 1.82) is 0 Å². The summed E-state index contributed by atoms with van der Waals surface area (Å²) in [4.78, 5) is 0. The number of nitrogens with two attached hydrogens (primary N) is 1. The fourth-order valence-corrected chi connectivity index (χ4v) is 2.13. The predicted molar refractivity (Wildman–Crippen MR) is 78.6 cm³/mol. The van der Waals surface area contributed by atoms with Crippen molar-refractivity contribution in [3.8, 4) is 0 Å². The Balaban J connectivity index is 2.14. The van der Waals surface area contributed by atoms with Crippen LogP contribution < -0.4 is 5.73 Å². The van der Waals surface area contributed by atoms with Gasteiger partial charge in [0.25, 0.3) is 0 Å². The van der Waals surface area contributed by atoms with Crippen LogP contribution in [-0.4, -0.2) is 6.04 Å². The molecule has 2 N–H and O–H groups in total. The van der Waals surface area contributed by atoms with Crippen LogP contribution in [0.5, 0.6) is 0 Å². The van der Waals surface area contributed by atoms with E-state index in [-0.39, 0.29) is 24.3 Å². The van der Waals surface area contributed by atoms with Crippen molar-refractivity contribution in [2.24, 2.45) is 5.73 Å². The fraction of sp³-hybridized carbons (Fsp3) is 0.294. The smallest absolute Gasteiger partial charge is 0.128 e. The summed E-state index contributed by atoms with van der Waals surface area (Å²) in [5.41, 5.74) is 7.35. The molecular weight excluding hydrogens is 272 g/mol. The first kappa shape index (κ1) is 15.6. The molecule has 0 spiro atoms. The van der Waals surface area contributed by atoms with Gasteiger partial charge in [0, 0.05) is 11.6 Å². The largest absolute Gasteiger partial charge is 0.367 e. The molecule has 2 aromatic carbocycles. The zero-order chi connectivity index (χ0) is 15.2. The van der Waals surface area contributed by atoms with Crippen LogP contribution in [0.2, 0.25) is 0 Å². The molecule has 2 aromatic rings. The van der Waals surface area contributed by atoms with Gasteiger partial charge in [0.05, 0.1) is 12.7 Å². The van der Waals surface area contributed by atoms with Gasteiger partial charge in [-0.15, -0.1) is 0 Å². The lowest BCUT2D eigenvalue weighted by Gasteiger charge is -2.24. The molecule has 0 saturated heterocycles. The molecule has 4 heteroatoms. The molecule has 0 bridgehead atoms. The van der Waals surface area contributed by atoms with Gasteiger partial charge in [-0.2, -0.15) is 0 Å². The first-order valence-electron chi connectivity index (χ1n) is 6.98. The van der Waals surface area contributed by atoms with Crippen LogP contribution in [0.3, 0.4) is 0 Å². The minimum atomic E-state index is -0.393. The normalized spacial score (nSPS) is 13.9. The van der Waals surface area contributed by atoms with Crippen LogP contribution in [0, 0.1) is 11.6 Å². The lowest BCUT2D eigenvalue weighted by Crippen LogP contribution is -2.29. The summed E-state index contributed by atoms with van der Waals surface area (Å²) in [6, 6.07) is 12.3. The number of halogens is 2. The van der Waals surface area contributed by atoms with Gasteiger partial charge in [-0.05, 0) is 30.2 Å². The van der Waals surface area contributed by atoms with Crippen molar-refractivity contribution in [2.75, 3.05) is 0 Å². The summed E-state index contributed by atoms with van der Waals surface area (Å²) in [6.07, 6.45) is 0.314. The molecule has 2 atom stereocenters. The van der Waals surface area contributed by atoms with Gasteiger partial charge in [0.1, 0.15) is 11.6 Å². The third kappa shape index (κ3) is 4.09. The maximum Gasteiger partial charge on any atom is 0.128 e. The van der Waals surface area contributed by atoms with E-state index < -0.39 is 6.10 Å². The Morgan fingerprint density at radius 2 is 1.71 bits per heavy atom. The molecule has 0 saturated carbocycles. The first-order chi connectivity index (χ1) is 10.1. The van der Waals surface area contributed by atoms with Crippen LogP contribution in [0.15, 0.2) is 48.5 Å². The molecule has 0 aliphatic carbocycles. The van der Waals surface area contributed by atoms with E-state index in [1.54, 1.807) is 30.3 Å². The second kappa shape index (κ2) is 7.29. The molecule has 2 rings (SSSR count). The molecule has 0 aliphatic heterocycles. The lowest BCUT2D eigenvalue weighted by atomic mass is 10.0. The molecule has 2 nitrogen and oxygen atoms in total. The van der Waals surface area contributed by atoms with Gasteiger partial charge in [-0.3, -0.25) is 0 Å². The predicted octanol–water partition coefficient (Wildman–Crippen LogP) is 3.96. The topological polar surface area (TPSA) is 35.2 Å². The molecule has 0 radical (unpaired) electrons. The molecule has 21 heavy (non-hydrogen) atoms. The average molecular weight is 291 g/mol. The maximum atomic E-state index is 13.6. The summed E-state index contributed by atoms with van der Waals surface area (Å²) in [7, 11) is 0. The highest BCUT2D eigenvalue weighted by Gasteiger charge is 2.20. The van der Waals surface area contributed by atoms with E-state index in [1.165, 1.54) is 18.2 Å². The van der Waals surface area contributed by atoms with E-state index >= 15 is 0 Å². The number of hydrogen-bond donors (Lipinski definition) is 1. The van der Waals surface area contributed by atoms with Gasteiger partial charge in [0.2, 0.25) is 0 Å². The second-order valence-electron chi connectivity index (χ2n) is 4.95. The van der Waals surface area contributed by atoms with Gasteiger partial charge in [0.15, 0.2) is 0 Å². The van der Waals surface area contributed by atoms with E-state index in [1.807, 2.05) is 6.92 Å². The standard InChI is InChI=1S/C17H19F2NO/c1-2-16(20)17(12-7-9-14(18)10-8-12)21-11-13-5-3-4-6-15(13)19/h3-10,16-17H,2,11,20H2,1H3. The van der Waals surface area contributed by atoms with Gasteiger partial charge < -0.3 is 10.5 Å². The summed E-state index contributed by atoms with van der Waals surface area (Å²) in [5.74, 6) is -0.614. The Bertz CT molecular complexity index is 571. The Morgan fingerprint density at radius 1 is 1.05 bits per heavy atom. The van der Waals surface area contributed by atoms with E-state index in [9.17, 15) is 8.78 Å². The maximum absolute atomic E-state index is 13.6. The highest BCUT2D eigenvalue weighted by Crippen LogP contribution is 2.24. The van der Waals surface area contributed by atoms with Crippen molar-refractivity contribution < 1.29 is 13.5 Å². The summed E-state index contributed by atoms with van der Waals surface area (Å²) >= 11 is 0. The van der Waals surface area contributed by atoms with E-state index in [0.717, 1.165) is 5.56 Å². The van der Waals surface area contributed by atoms with Crippen LogP contribution in [0.25, 0.3) is 0 Å². The molecule has 0 aromatic heterocycles. The van der Waals surface area contributed by atoms with Gasteiger partial charge in [-0.1, -0.05) is 37.3 Å². The number of hydrogen-bond acceptors (Lipinski definition) is 2.